The second-order valence-corrected chi connectivity index (χ2v) is 5.27. The maximum absolute atomic E-state index is 11.4. The van der Waals surface area contributed by atoms with Gasteiger partial charge < -0.3 is 0 Å². The van der Waals surface area contributed by atoms with E-state index in [-0.39, 0.29) is 5.75 Å². The molecule has 74 valence electrons. The predicted octanol–water partition coefficient (Wildman–Crippen LogP) is 0.515. The van der Waals surface area contributed by atoms with Crippen molar-refractivity contribution in [3.63, 3.8) is 0 Å². The van der Waals surface area contributed by atoms with Crippen molar-refractivity contribution in [2.45, 2.75) is 19.3 Å². The number of likely N-dealkylation sites (N-methyl/N-ethyl adjacent to an activating group) is 1. The van der Waals surface area contributed by atoms with Gasteiger partial charge >= 0.3 is 0 Å². The molecule has 0 aliphatic carbocycles. The minimum Gasteiger partial charge on any atom is -0.268 e. The van der Waals surface area contributed by atoms with Gasteiger partial charge in [0.2, 0.25) is 10.0 Å². The van der Waals surface area contributed by atoms with Gasteiger partial charge in [0.05, 0.1) is 5.75 Å². The fourth-order valence-corrected chi connectivity index (χ4v) is 2.44. The van der Waals surface area contributed by atoms with Crippen LogP contribution in [0, 0.1) is 0 Å². The lowest BCUT2D eigenvalue weighted by atomic mass is 10.1. The zero-order valence-electron chi connectivity index (χ0n) is 7.62. The fourth-order valence-electron chi connectivity index (χ4n) is 1.22. The van der Waals surface area contributed by atoms with Crippen molar-refractivity contribution in [2.75, 3.05) is 12.8 Å². The van der Waals surface area contributed by atoms with Crippen LogP contribution in [0.5, 0.6) is 0 Å². The average Bonchev–Trinajstić information content (AvgIpc) is 2.08. The van der Waals surface area contributed by atoms with Crippen LogP contribution in [0.4, 0.5) is 0 Å². The lowest BCUT2D eigenvalue weighted by molar-refractivity contribution is -0.122. The van der Waals surface area contributed by atoms with E-state index in [2.05, 4.69) is 6.58 Å². The molecule has 0 unspecified atom stereocenters. The van der Waals surface area contributed by atoms with E-state index >= 15 is 0 Å². The van der Waals surface area contributed by atoms with E-state index in [9.17, 15) is 13.2 Å². The van der Waals surface area contributed by atoms with E-state index < -0.39 is 15.9 Å². The van der Waals surface area contributed by atoms with Crippen molar-refractivity contribution in [1.82, 2.24) is 4.31 Å². The highest BCUT2D eigenvalue weighted by atomic mass is 32.2. The zero-order chi connectivity index (χ0) is 10.1. The van der Waals surface area contributed by atoms with Crippen molar-refractivity contribution < 1.29 is 13.2 Å². The van der Waals surface area contributed by atoms with Gasteiger partial charge in [-0.3, -0.25) is 4.79 Å². The Morgan fingerprint density at radius 2 is 2.00 bits per heavy atom. The average molecular weight is 203 g/mol. The molecule has 0 bridgehead atoms. The molecule has 1 saturated heterocycles. The summed E-state index contributed by atoms with van der Waals surface area (Å²) in [5.74, 6) is -0.414. The summed E-state index contributed by atoms with van der Waals surface area (Å²) in [4.78, 5) is 11.4. The first-order valence-corrected chi connectivity index (χ1v) is 5.75. The topological polar surface area (TPSA) is 54.5 Å². The molecule has 0 saturated carbocycles. The Morgan fingerprint density at radius 3 is 2.62 bits per heavy atom. The van der Waals surface area contributed by atoms with Gasteiger partial charge in [0.25, 0.3) is 5.91 Å². The van der Waals surface area contributed by atoms with Crippen molar-refractivity contribution in [2.24, 2.45) is 0 Å². The summed E-state index contributed by atoms with van der Waals surface area (Å²) < 4.78 is 23.5. The largest absolute Gasteiger partial charge is 0.268 e. The molecule has 4 nitrogen and oxygen atoms in total. The molecule has 13 heavy (non-hydrogen) atoms. The second kappa shape index (κ2) is 3.49. The molecule has 1 rings (SSSR count). The van der Waals surface area contributed by atoms with Gasteiger partial charge in [-0.2, -0.15) is 0 Å². The first-order valence-electron chi connectivity index (χ1n) is 4.14. The van der Waals surface area contributed by atoms with Crippen molar-refractivity contribution in [3.05, 3.63) is 12.2 Å². The van der Waals surface area contributed by atoms with Crippen LogP contribution in [0.1, 0.15) is 19.3 Å². The predicted molar refractivity (Wildman–Crippen MR) is 49.5 cm³/mol. The fraction of sp³-hybridized carbons (Fsp3) is 0.625. The molecule has 5 heteroatoms. The van der Waals surface area contributed by atoms with E-state index in [0.29, 0.717) is 18.4 Å². The number of hydrogen-bond acceptors (Lipinski definition) is 3. The minimum atomic E-state index is -3.38. The number of rotatable bonds is 0. The molecule has 1 fully saturated rings. The molecule has 0 atom stereocenters. The Bertz CT molecular complexity index is 331. The molecular weight excluding hydrogens is 190 g/mol. The molecule has 1 heterocycles. The summed E-state index contributed by atoms with van der Waals surface area (Å²) in [7, 11) is -2.09. The summed E-state index contributed by atoms with van der Waals surface area (Å²) in [6.45, 7) is 3.56. The Balaban J connectivity index is 2.96. The van der Waals surface area contributed by atoms with E-state index in [1.54, 1.807) is 0 Å². The monoisotopic (exact) mass is 203 g/mol. The Kier molecular flexibility index (Phi) is 2.75. The smallest absolute Gasteiger partial charge is 0.262 e. The third-order valence-corrected chi connectivity index (χ3v) is 3.94. The summed E-state index contributed by atoms with van der Waals surface area (Å²) in [5, 5.41) is 0. The lowest BCUT2D eigenvalue weighted by Crippen LogP contribution is -2.36. The summed E-state index contributed by atoms with van der Waals surface area (Å²) in [6, 6.07) is 0. The van der Waals surface area contributed by atoms with Crippen molar-refractivity contribution in [1.29, 1.82) is 0 Å². The number of nitrogens with zero attached hydrogens (tertiary/aromatic N) is 1. The highest BCUT2D eigenvalue weighted by molar-refractivity contribution is 7.89. The van der Waals surface area contributed by atoms with Crippen LogP contribution < -0.4 is 0 Å². The molecule has 1 amide bonds. The van der Waals surface area contributed by atoms with Crippen LogP contribution in [0.15, 0.2) is 12.2 Å². The van der Waals surface area contributed by atoms with E-state index in [1.807, 2.05) is 0 Å². The Hall–Kier alpha value is -0.840. The molecule has 0 N–H and O–H groups in total. The quantitative estimate of drug-likeness (QED) is 0.539. The van der Waals surface area contributed by atoms with Crippen molar-refractivity contribution in [3.8, 4) is 0 Å². The van der Waals surface area contributed by atoms with Crippen LogP contribution in [-0.2, 0) is 14.8 Å². The molecule has 0 aromatic heterocycles. The summed E-state index contributed by atoms with van der Waals surface area (Å²) in [6.07, 6.45) is 1.91. The second-order valence-electron chi connectivity index (χ2n) is 3.15. The molecule has 1 aliphatic rings. The van der Waals surface area contributed by atoms with Gasteiger partial charge in [0.1, 0.15) is 0 Å². The lowest BCUT2D eigenvalue weighted by Gasteiger charge is -2.21. The first kappa shape index (κ1) is 10.2. The first-order chi connectivity index (χ1) is 5.95. The van der Waals surface area contributed by atoms with Gasteiger partial charge in [-0.05, 0) is 19.3 Å². The number of hydrogen-bond donors (Lipinski definition) is 0. The molecule has 0 spiro atoms. The third kappa shape index (κ3) is 2.09. The van der Waals surface area contributed by atoms with Crippen LogP contribution >= 0.6 is 0 Å². The molecular formula is C8H13NO3S. The maximum atomic E-state index is 11.4. The Morgan fingerprint density at radius 1 is 1.38 bits per heavy atom. The van der Waals surface area contributed by atoms with Crippen LogP contribution in [-0.4, -0.2) is 31.4 Å². The van der Waals surface area contributed by atoms with Gasteiger partial charge in [-0.25, -0.2) is 12.7 Å². The highest BCUT2D eigenvalue weighted by Gasteiger charge is 2.26. The standard InChI is InChI=1S/C8H13NO3S/c1-7-5-3-4-6-13(11,12)9(2)8(7)10/h1,3-6H2,2H3. The number of carbonyl (C=O) groups excluding carboxylic acids is 1. The highest BCUT2D eigenvalue weighted by Crippen LogP contribution is 2.16. The maximum Gasteiger partial charge on any atom is 0.262 e. The van der Waals surface area contributed by atoms with Crippen LogP contribution in [0.3, 0.4) is 0 Å². The minimum absolute atomic E-state index is 0.0581. The van der Waals surface area contributed by atoms with Crippen molar-refractivity contribution >= 4 is 15.9 Å². The van der Waals surface area contributed by atoms with Gasteiger partial charge in [-0.15, -0.1) is 0 Å². The Labute approximate surface area is 78.3 Å². The normalized spacial score (nSPS) is 23.9. The summed E-state index contributed by atoms with van der Waals surface area (Å²) in [5.41, 5.74) is 0.380. The van der Waals surface area contributed by atoms with Gasteiger partial charge in [0, 0.05) is 12.6 Å². The summed E-state index contributed by atoms with van der Waals surface area (Å²) >= 11 is 0. The molecule has 0 aromatic rings. The number of sulfonamides is 1. The molecule has 0 radical (unpaired) electrons. The van der Waals surface area contributed by atoms with E-state index in [0.717, 1.165) is 10.7 Å². The van der Waals surface area contributed by atoms with Gasteiger partial charge in [-0.1, -0.05) is 6.58 Å². The number of amides is 1. The zero-order valence-corrected chi connectivity index (χ0v) is 8.43. The van der Waals surface area contributed by atoms with E-state index in [1.165, 1.54) is 7.05 Å². The van der Waals surface area contributed by atoms with E-state index in [4.69, 9.17) is 0 Å². The van der Waals surface area contributed by atoms with Crippen LogP contribution in [0.25, 0.3) is 0 Å². The SMILES string of the molecule is C=C1CCCCS(=O)(=O)N(C)C1=O. The molecule has 0 aromatic carbocycles. The van der Waals surface area contributed by atoms with Crippen LogP contribution in [0.2, 0.25) is 0 Å². The molecule has 1 aliphatic heterocycles. The third-order valence-electron chi connectivity index (χ3n) is 2.14. The number of carbonyl (C=O) groups is 1. The van der Waals surface area contributed by atoms with Gasteiger partial charge in [0.15, 0.2) is 0 Å².